The number of hydrogen-bond acceptors (Lipinski definition) is 5. The van der Waals surface area contributed by atoms with Crippen LogP contribution in [0.15, 0.2) is 48.7 Å². The lowest BCUT2D eigenvalue weighted by atomic mass is 9.96. The molecule has 1 N–H and O–H groups in total. The molecule has 0 bridgehead atoms. The molecule has 4 heterocycles. The van der Waals surface area contributed by atoms with Gasteiger partial charge in [-0.3, -0.25) is 9.20 Å². The Morgan fingerprint density at radius 2 is 1.93 bits per heavy atom. The van der Waals surface area contributed by atoms with Gasteiger partial charge in [0.25, 0.3) is 0 Å². The fourth-order valence-electron chi connectivity index (χ4n) is 3.93. The van der Waals surface area contributed by atoms with Gasteiger partial charge in [-0.1, -0.05) is 18.2 Å². The molecule has 0 atom stereocenters. The highest BCUT2D eigenvalue weighted by Gasteiger charge is 2.26. The van der Waals surface area contributed by atoms with Crippen LogP contribution in [-0.2, 0) is 10.5 Å². The number of carbonyl (C=O) groups excluding carboxylic acids is 1. The maximum Gasteiger partial charge on any atom is 0.232 e. The van der Waals surface area contributed by atoms with E-state index in [1.54, 1.807) is 11.8 Å². The number of nitrogens with zero attached hydrogens (tertiary/aromatic N) is 5. The first-order chi connectivity index (χ1) is 14.3. The number of imidazole rings is 1. The summed E-state index contributed by atoms with van der Waals surface area (Å²) < 4.78 is 2.06. The van der Waals surface area contributed by atoms with Crippen LogP contribution in [0.5, 0.6) is 0 Å². The molecule has 3 aromatic heterocycles. The SMILES string of the molecule is O=C(CSCc1nc2ccccc2[nH]1)N1CCC(c2nnc3ccccn23)CC1. The number of hydrogen-bond donors (Lipinski definition) is 1. The molecule has 1 aromatic carbocycles. The number of amides is 1. The van der Waals surface area contributed by atoms with Gasteiger partial charge >= 0.3 is 0 Å². The third-order valence-electron chi connectivity index (χ3n) is 5.46. The predicted molar refractivity (Wildman–Crippen MR) is 114 cm³/mol. The Morgan fingerprint density at radius 3 is 2.79 bits per heavy atom. The van der Waals surface area contributed by atoms with Gasteiger partial charge in [-0.2, -0.15) is 0 Å². The summed E-state index contributed by atoms with van der Waals surface area (Å²) in [5.74, 6) is 3.67. The van der Waals surface area contributed by atoms with E-state index in [4.69, 9.17) is 0 Å². The van der Waals surface area contributed by atoms with E-state index in [1.165, 1.54) is 0 Å². The fraction of sp³-hybridized carbons (Fsp3) is 0.333. The van der Waals surface area contributed by atoms with Crippen molar-refractivity contribution in [3.05, 3.63) is 60.3 Å². The Labute approximate surface area is 172 Å². The van der Waals surface area contributed by atoms with Crippen LogP contribution in [0.2, 0.25) is 0 Å². The van der Waals surface area contributed by atoms with Crippen LogP contribution in [0.4, 0.5) is 0 Å². The Kier molecular flexibility index (Phi) is 4.93. The van der Waals surface area contributed by atoms with E-state index in [2.05, 4.69) is 24.6 Å². The van der Waals surface area contributed by atoms with Crippen LogP contribution in [0.3, 0.4) is 0 Å². The molecule has 148 valence electrons. The molecular formula is C21H22N6OS. The quantitative estimate of drug-likeness (QED) is 0.550. The van der Waals surface area contributed by atoms with E-state index in [1.807, 2.05) is 53.6 Å². The molecule has 0 aliphatic carbocycles. The van der Waals surface area contributed by atoms with Gasteiger partial charge in [-0.05, 0) is 37.1 Å². The number of aromatic nitrogens is 5. The lowest BCUT2D eigenvalue weighted by molar-refractivity contribution is -0.129. The monoisotopic (exact) mass is 406 g/mol. The number of para-hydroxylation sites is 2. The number of thioether (sulfide) groups is 1. The lowest BCUT2D eigenvalue weighted by Gasteiger charge is -2.31. The number of nitrogens with one attached hydrogen (secondary N) is 1. The number of rotatable bonds is 5. The van der Waals surface area contributed by atoms with Gasteiger partial charge in [0.1, 0.15) is 11.6 Å². The minimum Gasteiger partial charge on any atom is -0.342 e. The Morgan fingerprint density at radius 1 is 1.10 bits per heavy atom. The van der Waals surface area contributed by atoms with E-state index in [-0.39, 0.29) is 5.91 Å². The van der Waals surface area contributed by atoms with Crippen molar-refractivity contribution in [2.45, 2.75) is 24.5 Å². The fourth-order valence-corrected chi connectivity index (χ4v) is 4.71. The van der Waals surface area contributed by atoms with E-state index in [0.29, 0.717) is 17.4 Å². The van der Waals surface area contributed by atoms with E-state index < -0.39 is 0 Å². The van der Waals surface area contributed by atoms with Crippen molar-refractivity contribution in [1.82, 2.24) is 29.5 Å². The molecule has 1 fully saturated rings. The third-order valence-corrected chi connectivity index (χ3v) is 6.38. The Balaban J connectivity index is 1.13. The van der Waals surface area contributed by atoms with Crippen molar-refractivity contribution in [3.8, 4) is 0 Å². The lowest BCUT2D eigenvalue weighted by Crippen LogP contribution is -2.39. The molecule has 1 saturated heterocycles. The molecule has 0 spiro atoms. The molecule has 8 heteroatoms. The number of piperidine rings is 1. The van der Waals surface area contributed by atoms with Crippen LogP contribution in [0, 0.1) is 0 Å². The maximum absolute atomic E-state index is 12.6. The first-order valence-corrected chi connectivity index (χ1v) is 11.0. The minimum absolute atomic E-state index is 0.204. The third kappa shape index (κ3) is 3.72. The Bertz CT molecular complexity index is 1110. The van der Waals surface area contributed by atoms with Gasteiger partial charge in [0, 0.05) is 25.2 Å². The molecule has 1 amide bonds. The van der Waals surface area contributed by atoms with Crippen LogP contribution in [0.25, 0.3) is 16.7 Å². The standard InChI is InChI=1S/C21H22N6OS/c28-20(14-29-13-18-22-16-5-1-2-6-17(16)23-18)26-11-8-15(9-12-26)21-25-24-19-7-3-4-10-27(19)21/h1-7,10,15H,8-9,11-14H2,(H,22,23). The molecule has 0 unspecified atom stereocenters. The number of H-pyrrole nitrogens is 1. The second kappa shape index (κ2) is 7.87. The van der Waals surface area contributed by atoms with Gasteiger partial charge in [0.05, 0.1) is 22.5 Å². The van der Waals surface area contributed by atoms with Crippen LogP contribution >= 0.6 is 11.8 Å². The van der Waals surface area contributed by atoms with E-state index in [9.17, 15) is 4.79 Å². The number of fused-ring (bicyclic) bond motifs is 2. The molecule has 29 heavy (non-hydrogen) atoms. The zero-order chi connectivity index (χ0) is 19.6. The zero-order valence-corrected chi connectivity index (χ0v) is 16.8. The summed E-state index contributed by atoms with van der Waals surface area (Å²) in [7, 11) is 0. The van der Waals surface area contributed by atoms with Crippen molar-refractivity contribution >= 4 is 34.3 Å². The topological polar surface area (TPSA) is 79.2 Å². The first-order valence-electron chi connectivity index (χ1n) is 9.87. The molecule has 4 aromatic rings. The van der Waals surface area contributed by atoms with Crippen LogP contribution in [-0.4, -0.2) is 54.2 Å². The molecule has 1 aliphatic rings. The van der Waals surface area contributed by atoms with Crippen LogP contribution < -0.4 is 0 Å². The highest BCUT2D eigenvalue weighted by Crippen LogP contribution is 2.27. The summed E-state index contributed by atoms with van der Waals surface area (Å²) in [5.41, 5.74) is 2.89. The summed E-state index contributed by atoms with van der Waals surface area (Å²) in [4.78, 5) is 22.5. The average Bonchev–Trinajstić information content (AvgIpc) is 3.37. The molecule has 1 aliphatic heterocycles. The van der Waals surface area contributed by atoms with Crippen molar-refractivity contribution in [2.24, 2.45) is 0 Å². The van der Waals surface area contributed by atoms with Gasteiger partial charge < -0.3 is 9.88 Å². The van der Waals surface area contributed by atoms with E-state index in [0.717, 1.165) is 54.3 Å². The van der Waals surface area contributed by atoms with Gasteiger partial charge in [0.2, 0.25) is 5.91 Å². The smallest absolute Gasteiger partial charge is 0.232 e. The van der Waals surface area contributed by atoms with Gasteiger partial charge in [0.15, 0.2) is 5.65 Å². The van der Waals surface area contributed by atoms with Gasteiger partial charge in [-0.15, -0.1) is 22.0 Å². The predicted octanol–water partition coefficient (Wildman–Crippen LogP) is 3.25. The Hall–Kier alpha value is -2.87. The molecule has 0 saturated carbocycles. The first kappa shape index (κ1) is 18.2. The zero-order valence-electron chi connectivity index (χ0n) is 16.0. The second-order valence-corrected chi connectivity index (χ2v) is 8.32. The van der Waals surface area contributed by atoms with Crippen LogP contribution in [0.1, 0.15) is 30.4 Å². The number of benzene rings is 1. The number of likely N-dealkylation sites (tertiary alicyclic amines) is 1. The highest BCUT2D eigenvalue weighted by molar-refractivity contribution is 7.99. The molecule has 0 radical (unpaired) electrons. The van der Waals surface area contributed by atoms with Crippen molar-refractivity contribution in [1.29, 1.82) is 0 Å². The summed E-state index contributed by atoms with van der Waals surface area (Å²) in [5, 5.41) is 8.64. The summed E-state index contributed by atoms with van der Waals surface area (Å²) in [6.45, 7) is 1.55. The minimum atomic E-state index is 0.204. The maximum atomic E-state index is 12.6. The highest BCUT2D eigenvalue weighted by atomic mass is 32.2. The molecular weight excluding hydrogens is 384 g/mol. The summed E-state index contributed by atoms with van der Waals surface area (Å²) in [6, 6.07) is 13.9. The number of pyridine rings is 1. The summed E-state index contributed by atoms with van der Waals surface area (Å²) >= 11 is 1.61. The number of carbonyl (C=O) groups is 1. The normalized spacial score (nSPS) is 15.4. The number of aromatic amines is 1. The van der Waals surface area contributed by atoms with Crippen molar-refractivity contribution < 1.29 is 4.79 Å². The largest absolute Gasteiger partial charge is 0.342 e. The average molecular weight is 407 g/mol. The van der Waals surface area contributed by atoms with Crippen molar-refractivity contribution in [2.75, 3.05) is 18.8 Å². The van der Waals surface area contributed by atoms with E-state index >= 15 is 0 Å². The second-order valence-electron chi connectivity index (χ2n) is 7.34. The summed E-state index contributed by atoms with van der Waals surface area (Å²) in [6.07, 6.45) is 3.86. The van der Waals surface area contributed by atoms with Crippen molar-refractivity contribution in [3.63, 3.8) is 0 Å². The van der Waals surface area contributed by atoms with Gasteiger partial charge in [-0.25, -0.2) is 4.98 Å². The molecule has 7 nitrogen and oxygen atoms in total. The molecule has 5 rings (SSSR count).